The second-order valence-corrected chi connectivity index (χ2v) is 10.2. The number of rotatable bonds is 9. The minimum atomic E-state index is -1.19. The largest absolute Gasteiger partial charge is 0.425 e. The van der Waals surface area contributed by atoms with Crippen molar-refractivity contribution in [1.82, 2.24) is 20.2 Å². The molecule has 1 unspecified atom stereocenters. The Labute approximate surface area is 230 Å². The number of allylic oxidation sites excluding steroid dienone is 1. The van der Waals surface area contributed by atoms with E-state index in [-0.39, 0.29) is 22.9 Å². The molecule has 0 radical (unpaired) electrons. The highest BCUT2D eigenvalue weighted by atomic mass is 32.2. The number of esters is 2. The van der Waals surface area contributed by atoms with E-state index in [1.54, 1.807) is 37.5 Å². The SMILES string of the molecule is CCC(=O)OC(C)OC(=O)C1=C(/C=C\c2cccnc2)CS[C@@H]2[C@H](NC(=O)C(=NO)c3csc(N)n3)C(=O)N12. The van der Waals surface area contributed by atoms with E-state index in [9.17, 15) is 24.4 Å². The zero-order chi connectivity index (χ0) is 28.1. The van der Waals surface area contributed by atoms with E-state index in [1.807, 2.05) is 6.07 Å². The van der Waals surface area contributed by atoms with Crippen LogP contribution in [0.15, 0.2) is 52.4 Å². The van der Waals surface area contributed by atoms with Crippen LogP contribution < -0.4 is 11.1 Å². The molecule has 2 aromatic rings. The molecule has 39 heavy (non-hydrogen) atoms. The van der Waals surface area contributed by atoms with Crippen LogP contribution in [-0.2, 0) is 28.7 Å². The first-order chi connectivity index (χ1) is 18.7. The first kappa shape index (κ1) is 27.8. The summed E-state index contributed by atoms with van der Waals surface area (Å²) in [5.74, 6) is -2.53. The summed E-state index contributed by atoms with van der Waals surface area (Å²) in [6.45, 7) is 3.00. The topological polar surface area (TPSA) is 186 Å². The number of hydrogen-bond acceptors (Lipinski definition) is 13. The fourth-order valence-corrected chi connectivity index (χ4v) is 5.62. The molecule has 1 saturated heterocycles. The van der Waals surface area contributed by atoms with Crippen LogP contribution in [0.5, 0.6) is 0 Å². The minimum absolute atomic E-state index is 0.0305. The lowest BCUT2D eigenvalue weighted by Crippen LogP contribution is -2.71. The van der Waals surface area contributed by atoms with E-state index in [2.05, 4.69) is 20.4 Å². The van der Waals surface area contributed by atoms with Crippen molar-refractivity contribution in [2.75, 3.05) is 11.5 Å². The lowest BCUT2D eigenvalue weighted by molar-refractivity contribution is -0.184. The molecule has 2 amide bonds. The summed E-state index contributed by atoms with van der Waals surface area (Å²) in [7, 11) is 0. The van der Waals surface area contributed by atoms with Crippen molar-refractivity contribution in [2.24, 2.45) is 5.16 Å². The van der Waals surface area contributed by atoms with Gasteiger partial charge in [0.1, 0.15) is 22.8 Å². The number of ether oxygens (including phenoxy) is 2. The molecule has 15 heteroatoms. The summed E-state index contributed by atoms with van der Waals surface area (Å²) in [4.78, 5) is 60.1. The predicted octanol–water partition coefficient (Wildman–Crippen LogP) is 1.51. The first-order valence-corrected chi connectivity index (χ1v) is 13.6. The molecule has 2 aromatic heterocycles. The second-order valence-electron chi connectivity index (χ2n) is 8.19. The van der Waals surface area contributed by atoms with Gasteiger partial charge in [0.05, 0.1) is 0 Å². The smallest absolute Gasteiger partial charge is 0.358 e. The van der Waals surface area contributed by atoms with E-state index in [4.69, 9.17) is 15.2 Å². The number of nitrogens with two attached hydrogens (primary N) is 1. The molecular formula is C24H24N6O7S2. The second kappa shape index (κ2) is 12.1. The molecule has 0 aliphatic carbocycles. The molecule has 2 aliphatic rings. The number of aromatic nitrogens is 2. The van der Waals surface area contributed by atoms with Gasteiger partial charge in [-0.3, -0.25) is 24.3 Å². The Hall–Kier alpha value is -4.24. The zero-order valence-electron chi connectivity index (χ0n) is 20.8. The number of nitrogen functional groups attached to an aromatic ring is 1. The Balaban J connectivity index is 1.57. The maximum Gasteiger partial charge on any atom is 0.358 e. The Kier molecular flexibility index (Phi) is 8.61. The minimum Gasteiger partial charge on any atom is -0.425 e. The van der Waals surface area contributed by atoms with Gasteiger partial charge in [0.25, 0.3) is 11.8 Å². The van der Waals surface area contributed by atoms with Gasteiger partial charge in [-0.2, -0.15) is 0 Å². The number of β-lactam (4-membered cyclic amide) rings is 1. The molecule has 0 bridgehead atoms. The third-order valence-corrected chi connectivity index (χ3v) is 7.55. The van der Waals surface area contributed by atoms with Crippen LogP contribution in [0.25, 0.3) is 6.08 Å². The van der Waals surface area contributed by atoms with Gasteiger partial charge in [0, 0.05) is 36.9 Å². The highest BCUT2D eigenvalue weighted by Gasteiger charge is 2.54. The van der Waals surface area contributed by atoms with E-state index < -0.39 is 47.2 Å². The Morgan fingerprint density at radius 3 is 2.79 bits per heavy atom. The van der Waals surface area contributed by atoms with Crippen molar-refractivity contribution in [3.63, 3.8) is 0 Å². The summed E-state index contributed by atoms with van der Waals surface area (Å²) in [5, 5.41) is 15.9. The van der Waals surface area contributed by atoms with Gasteiger partial charge in [0.15, 0.2) is 10.8 Å². The van der Waals surface area contributed by atoms with Crippen LogP contribution >= 0.6 is 23.1 Å². The number of fused-ring (bicyclic) bond motifs is 1. The molecule has 0 spiro atoms. The molecular weight excluding hydrogens is 548 g/mol. The lowest BCUT2D eigenvalue weighted by atomic mass is 10.0. The van der Waals surface area contributed by atoms with E-state index in [0.717, 1.165) is 16.9 Å². The van der Waals surface area contributed by atoms with E-state index in [1.165, 1.54) is 29.0 Å². The molecule has 13 nitrogen and oxygen atoms in total. The molecule has 4 rings (SSSR count). The number of pyridine rings is 1. The summed E-state index contributed by atoms with van der Waals surface area (Å²) < 4.78 is 10.4. The number of thiazole rings is 1. The molecule has 4 N–H and O–H groups in total. The number of nitrogens with zero attached hydrogens (tertiary/aromatic N) is 4. The fourth-order valence-electron chi connectivity index (χ4n) is 3.75. The van der Waals surface area contributed by atoms with Gasteiger partial charge < -0.3 is 25.7 Å². The van der Waals surface area contributed by atoms with Crippen LogP contribution in [0, 0.1) is 0 Å². The third-order valence-electron chi connectivity index (χ3n) is 5.58. The molecule has 0 aromatic carbocycles. The van der Waals surface area contributed by atoms with Crippen molar-refractivity contribution in [3.05, 3.63) is 58.5 Å². The number of carbonyl (C=O) groups is 4. The van der Waals surface area contributed by atoms with E-state index in [0.29, 0.717) is 11.3 Å². The first-order valence-electron chi connectivity index (χ1n) is 11.6. The Morgan fingerprint density at radius 1 is 1.36 bits per heavy atom. The third kappa shape index (κ3) is 6.09. The van der Waals surface area contributed by atoms with Gasteiger partial charge in [0.2, 0.25) is 6.29 Å². The maximum absolute atomic E-state index is 13.2. The van der Waals surface area contributed by atoms with Crippen molar-refractivity contribution >= 4 is 63.8 Å². The van der Waals surface area contributed by atoms with Crippen LogP contribution in [-0.4, -0.2) is 73.0 Å². The Bertz CT molecular complexity index is 1370. The summed E-state index contributed by atoms with van der Waals surface area (Å²) in [5.41, 5.74) is 6.48. The Morgan fingerprint density at radius 2 is 2.15 bits per heavy atom. The van der Waals surface area contributed by atoms with Crippen molar-refractivity contribution in [1.29, 1.82) is 0 Å². The molecule has 4 heterocycles. The van der Waals surface area contributed by atoms with Crippen molar-refractivity contribution < 1.29 is 33.9 Å². The van der Waals surface area contributed by atoms with Gasteiger partial charge >= 0.3 is 11.9 Å². The van der Waals surface area contributed by atoms with E-state index >= 15 is 0 Å². The lowest BCUT2D eigenvalue weighted by Gasteiger charge is -2.49. The normalized spacial score (nSPS) is 19.8. The number of hydrogen-bond donors (Lipinski definition) is 3. The van der Waals surface area contributed by atoms with Gasteiger partial charge in [-0.05, 0) is 17.2 Å². The van der Waals surface area contributed by atoms with Crippen LogP contribution in [0.1, 0.15) is 31.5 Å². The average molecular weight is 573 g/mol. The molecule has 204 valence electrons. The quantitative estimate of drug-likeness (QED) is 0.0987. The number of nitrogens with one attached hydrogen (secondary N) is 1. The number of thioether (sulfide) groups is 1. The van der Waals surface area contributed by atoms with Crippen LogP contribution in [0.2, 0.25) is 0 Å². The van der Waals surface area contributed by atoms with Gasteiger partial charge in [-0.1, -0.05) is 30.3 Å². The van der Waals surface area contributed by atoms with Crippen molar-refractivity contribution in [2.45, 2.75) is 38.0 Å². The molecule has 3 atom stereocenters. The number of amides is 2. The fraction of sp³-hybridized carbons (Fsp3) is 0.292. The number of anilines is 1. The summed E-state index contributed by atoms with van der Waals surface area (Å²) in [6, 6.07) is 2.57. The molecule has 0 saturated carbocycles. The van der Waals surface area contributed by atoms with Crippen LogP contribution in [0.4, 0.5) is 5.13 Å². The predicted molar refractivity (Wildman–Crippen MR) is 142 cm³/mol. The number of oxime groups is 1. The summed E-state index contributed by atoms with van der Waals surface area (Å²) in [6.07, 6.45) is 5.60. The zero-order valence-corrected chi connectivity index (χ0v) is 22.4. The highest BCUT2D eigenvalue weighted by Crippen LogP contribution is 2.41. The maximum atomic E-state index is 13.2. The molecule has 1 fully saturated rings. The number of carbonyl (C=O) groups excluding carboxylic acids is 4. The van der Waals surface area contributed by atoms with Crippen molar-refractivity contribution in [3.8, 4) is 0 Å². The van der Waals surface area contributed by atoms with Gasteiger partial charge in [-0.25, -0.2) is 9.78 Å². The standard InChI is InChI=1S/C24H24N6O7S2/c1-3-16(31)36-12(2)37-23(34)19-14(7-6-13-5-4-8-26-9-13)10-38-22-18(21(33)30(19)22)28-20(32)17(29-35)15-11-39-24(25)27-15/h4-9,11-12,18,22,35H,3,10H2,1-2H3,(H2,25,27)(H,28,32)/b7-6-,29-17?/t12?,18-,22-/m1/s1. The van der Waals surface area contributed by atoms with Gasteiger partial charge in [-0.15, -0.1) is 23.1 Å². The summed E-state index contributed by atoms with van der Waals surface area (Å²) >= 11 is 2.38. The van der Waals surface area contributed by atoms with Crippen LogP contribution in [0.3, 0.4) is 0 Å². The monoisotopic (exact) mass is 572 g/mol. The molecule has 2 aliphatic heterocycles. The highest BCUT2D eigenvalue weighted by molar-refractivity contribution is 8.00. The average Bonchev–Trinajstić information content (AvgIpc) is 3.36.